The predicted octanol–water partition coefficient (Wildman–Crippen LogP) is 2.68. The Bertz CT molecular complexity index is 1080. The number of aromatic nitrogens is 2. The van der Waals surface area contributed by atoms with Gasteiger partial charge in [0.25, 0.3) is 5.56 Å². The van der Waals surface area contributed by atoms with E-state index in [1.165, 1.54) is 0 Å². The zero-order chi connectivity index (χ0) is 20.4. The summed E-state index contributed by atoms with van der Waals surface area (Å²) in [7, 11) is 0. The van der Waals surface area contributed by atoms with Crippen LogP contribution in [0.15, 0.2) is 47.3 Å². The highest BCUT2D eigenvalue weighted by Crippen LogP contribution is 2.28. The van der Waals surface area contributed by atoms with Gasteiger partial charge in [0.15, 0.2) is 11.5 Å². The van der Waals surface area contributed by atoms with E-state index >= 15 is 0 Å². The van der Waals surface area contributed by atoms with E-state index in [0.29, 0.717) is 43.4 Å². The van der Waals surface area contributed by atoms with Crippen LogP contribution >= 0.6 is 0 Å². The van der Waals surface area contributed by atoms with E-state index in [1.54, 1.807) is 18.2 Å². The molecule has 0 bridgehead atoms. The van der Waals surface area contributed by atoms with Crippen molar-refractivity contribution in [3.63, 3.8) is 0 Å². The summed E-state index contributed by atoms with van der Waals surface area (Å²) >= 11 is 0. The van der Waals surface area contributed by atoms with Crippen LogP contribution in [-0.2, 0) is 19.5 Å². The van der Waals surface area contributed by atoms with Gasteiger partial charge in [-0.05, 0) is 55.3 Å². The van der Waals surface area contributed by atoms with Crippen molar-refractivity contribution in [1.29, 1.82) is 0 Å². The van der Waals surface area contributed by atoms with Gasteiger partial charge >= 0.3 is 0 Å². The first kappa shape index (κ1) is 19.0. The number of fused-ring (bicyclic) bond motifs is 1. The van der Waals surface area contributed by atoms with Gasteiger partial charge in [0.2, 0.25) is 0 Å². The molecule has 0 saturated heterocycles. The Morgan fingerprint density at radius 1 is 1.24 bits per heavy atom. The molecule has 7 nitrogen and oxygen atoms in total. The van der Waals surface area contributed by atoms with Crippen LogP contribution < -0.4 is 16.0 Å². The van der Waals surface area contributed by atoms with Crippen LogP contribution in [0.3, 0.4) is 0 Å². The smallest absolute Gasteiger partial charge is 0.254 e. The van der Waals surface area contributed by atoms with E-state index in [-0.39, 0.29) is 11.3 Å². The molecule has 0 unspecified atom stereocenters. The zero-order valence-electron chi connectivity index (χ0n) is 16.3. The highest BCUT2D eigenvalue weighted by atomic mass is 16.5. The number of ether oxygens (including phenoxy) is 1. The summed E-state index contributed by atoms with van der Waals surface area (Å²) < 4.78 is 5.48. The SMILES string of the molecule is CCOc1cc(CN2CCc3c(nc(-c4ccc(N)cc4)[nH]c3=O)C2)ccc1O. The number of hydrogen-bond donors (Lipinski definition) is 3. The summed E-state index contributed by atoms with van der Waals surface area (Å²) in [6.45, 7) is 4.42. The minimum atomic E-state index is -0.0789. The van der Waals surface area contributed by atoms with Crippen LogP contribution in [0.25, 0.3) is 11.4 Å². The summed E-state index contributed by atoms with van der Waals surface area (Å²) in [5.74, 6) is 1.18. The third-order valence-electron chi connectivity index (χ3n) is 5.07. The number of phenols is 1. The second-order valence-corrected chi connectivity index (χ2v) is 7.16. The third kappa shape index (κ3) is 4.09. The molecule has 1 aromatic heterocycles. The number of anilines is 1. The second kappa shape index (κ2) is 7.97. The molecule has 1 aliphatic heterocycles. The van der Waals surface area contributed by atoms with Gasteiger partial charge in [0, 0.05) is 36.4 Å². The first-order chi connectivity index (χ1) is 14.0. The van der Waals surface area contributed by atoms with Crippen LogP contribution in [0, 0.1) is 0 Å². The molecule has 3 aromatic rings. The van der Waals surface area contributed by atoms with Gasteiger partial charge < -0.3 is 20.6 Å². The topological polar surface area (TPSA) is 104 Å². The number of benzene rings is 2. The molecule has 0 spiro atoms. The molecule has 0 fully saturated rings. The summed E-state index contributed by atoms with van der Waals surface area (Å²) in [5, 5.41) is 9.89. The quantitative estimate of drug-likeness (QED) is 0.577. The minimum Gasteiger partial charge on any atom is -0.504 e. The number of hydrogen-bond acceptors (Lipinski definition) is 6. The predicted molar refractivity (Wildman–Crippen MR) is 112 cm³/mol. The molecular weight excluding hydrogens is 368 g/mol. The molecular formula is C22H24N4O3. The van der Waals surface area contributed by atoms with Gasteiger partial charge in [-0.3, -0.25) is 9.69 Å². The molecule has 0 aliphatic carbocycles. The second-order valence-electron chi connectivity index (χ2n) is 7.16. The molecule has 150 valence electrons. The van der Waals surface area contributed by atoms with Crippen molar-refractivity contribution in [2.24, 2.45) is 0 Å². The van der Waals surface area contributed by atoms with Crippen LogP contribution in [0.2, 0.25) is 0 Å². The fourth-order valence-electron chi connectivity index (χ4n) is 3.59. The Morgan fingerprint density at radius 2 is 2.03 bits per heavy atom. The maximum absolute atomic E-state index is 12.6. The molecule has 4 N–H and O–H groups in total. The number of aromatic hydroxyl groups is 1. The van der Waals surface area contributed by atoms with E-state index in [1.807, 2.05) is 31.2 Å². The fourth-order valence-corrected chi connectivity index (χ4v) is 3.59. The maximum atomic E-state index is 12.6. The van der Waals surface area contributed by atoms with Crippen molar-refractivity contribution < 1.29 is 9.84 Å². The lowest BCUT2D eigenvalue weighted by atomic mass is 10.0. The van der Waals surface area contributed by atoms with E-state index < -0.39 is 0 Å². The van der Waals surface area contributed by atoms with E-state index in [9.17, 15) is 9.90 Å². The number of phenolic OH excluding ortho intramolecular Hbond substituents is 1. The lowest BCUT2D eigenvalue weighted by Gasteiger charge is -2.28. The number of nitrogens with two attached hydrogens (primary N) is 1. The van der Waals surface area contributed by atoms with Gasteiger partial charge in [-0.2, -0.15) is 0 Å². The van der Waals surface area contributed by atoms with E-state index in [4.69, 9.17) is 15.5 Å². The molecule has 29 heavy (non-hydrogen) atoms. The normalized spacial score (nSPS) is 13.8. The molecule has 0 atom stereocenters. The summed E-state index contributed by atoms with van der Waals surface area (Å²) in [6, 6.07) is 12.7. The summed E-state index contributed by atoms with van der Waals surface area (Å²) in [5.41, 5.74) is 9.76. The number of rotatable bonds is 5. The van der Waals surface area contributed by atoms with Gasteiger partial charge in [-0.15, -0.1) is 0 Å². The highest BCUT2D eigenvalue weighted by molar-refractivity contribution is 5.58. The van der Waals surface area contributed by atoms with Crippen molar-refractivity contribution in [2.45, 2.75) is 26.4 Å². The average Bonchev–Trinajstić information content (AvgIpc) is 2.71. The largest absolute Gasteiger partial charge is 0.504 e. The molecule has 0 radical (unpaired) electrons. The number of nitrogen functional groups attached to an aromatic ring is 1. The number of nitrogens with zero attached hydrogens (tertiary/aromatic N) is 2. The monoisotopic (exact) mass is 392 g/mol. The Morgan fingerprint density at radius 3 is 2.79 bits per heavy atom. The Hall–Kier alpha value is -3.32. The summed E-state index contributed by atoms with van der Waals surface area (Å²) in [4.78, 5) is 22.4. The molecule has 0 amide bonds. The van der Waals surface area contributed by atoms with Crippen molar-refractivity contribution in [2.75, 3.05) is 18.9 Å². The van der Waals surface area contributed by atoms with E-state index in [0.717, 1.165) is 28.9 Å². The number of aromatic amines is 1. The Labute approximate surface area is 168 Å². The van der Waals surface area contributed by atoms with Crippen LogP contribution in [0.1, 0.15) is 23.7 Å². The van der Waals surface area contributed by atoms with Gasteiger partial charge in [-0.1, -0.05) is 6.07 Å². The fraction of sp³-hybridized carbons (Fsp3) is 0.273. The Balaban J connectivity index is 1.57. The zero-order valence-corrected chi connectivity index (χ0v) is 16.3. The maximum Gasteiger partial charge on any atom is 0.254 e. The molecule has 7 heteroatoms. The van der Waals surface area contributed by atoms with Gasteiger partial charge in [0.05, 0.1) is 12.3 Å². The van der Waals surface area contributed by atoms with Crippen LogP contribution in [-0.4, -0.2) is 33.1 Å². The first-order valence-electron chi connectivity index (χ1n) is 9.68. The lowest BCUT2D eigenvalue weighted by Crippen LogP contribution is -2.35. The van der Waals surface area contributed by atoms with E-state index in [2.05, 4.69) is 9.88 Å². The number of H-pyrrole nitrogens is 1. The minimum absolute atomic E-state index is 0.0789. The summed E-state index contributed by atoms with van der Waals surface area (Å²) in [6.07, 6.45) is 0.649. The number of nitrogens with one attached hydrogen (secondary N) is 1. The molecule has 2 aromatic carbocycles. The molecule has 4 rings (SSSR count). The first-order valence-corrected chi connectivity index (χ1v) is 9.68. The van der Waals surface area contributed by atoms with Crippen LogP contribution in [0.4, 0.5) is 5.69 Å². The molecule has 0 saturated carbocycles. The van der Waals surface area contributed by atoms with Crippen molar-refractivity contribution in [3.05, 3.63) is 69.6 Å². The molecule has 1 aliphatic rings. The van der Waals surface area contributed by atoms with Crippen molar-refractivity contribution >= 4 is 5.69 Å². The van der Waals surface area contributed by atoms with Gasteiger partial charge in [0.1, 0.15) is 5.82 Å². The van der Waals surface area contributed by atoms with Crippen molar-refractivity contribution in [3.8, 4) is 22.9 Å². The molecule has 2 heterocycles. The van der Waals surface area contributed by atoms with Gasteiger partial charge in [-0.25, -0.2) is 4.98 Å². The van der Waals surface area contributed by atoms with Crippen LogP contribution in [0.5, 0.6) is 11.5 Å². The highest BCUT2D eigenvalue weighted by Gasteiger charge is 2.22. The lowest BCUT2D eigenvalue weighted by molar-refractivity contribution is 0.239. The Kier molecular flexibility index (Phi) is 5.22. The standard InChI is InChI=1S/C22H24N4O3/c1-2-29-20-11-14(3-8-19(20)27)12-26-10-9-17-18(13-26)24-21(25-22(17)28)15-4-6-16(23)7-5-15/h3-8,11,27H,2,9-10,12-13,23H2,1H3,(H,24,25,28). The average molecular weight is 392 g/mol. The van der Waals surface area contributed by atoms with Crippen molar-refractivity contribution in [1.82, 2.24) is 14.9 Å². The third-order valence-corrected chi connectivity index (χ3v) is 5.07.